The van der Waals surface area contributed by atoms with Gasteiger partial charge in [-0.3, -0.25) is 14.3 Å². The molecule has 2 unspecified atom stereocenters. The molecule has 0 aliphatic heterocycles. The second-order valence-corrected chi connectivity index (χ2v) is 10.1. The van der Waals surface area contributed by atoms with E-state index in [2.05, 4.69) is 39.8 Å². The molecule has 15 heteroatoms. The predicted molar refractivity (Wildman–Crippen MR) is 130 cm³/mol. The van der Waals surface area contributed by atoms with E-state index in [-0.39, 0.29) is 35.0 Å². The molecule has 4 rings (SSSR count). The molecule has 0 amide bonds. The Morgan fingerprint density at radius 3 is 2.22 bits per heavy atom. The van der Waals surface area contributed by atoms with Gasteiger partial charge in [-0.15, -0.1) is 10.2 Å². The Balaban J connectivity index is 1.83. The summed E-state index contributed by atoms with van der Waals surface area (Å²) < 4.78 is 54.9. The summed E-state index contributed by atoms with van der Waals surface area (Å²) in [5.74, 6) is -0.870. The Bertz CT molecular complexity index is 1490. The first-order valence-corrected chi connectivity index (χ1v) is 12.5. The standard InChI is InChI=1S/C22H24FN9O4S/c1-12-6-15(8-24-7-12)19-29-30-22(32(19)17-20(35-4)27-11-28-21(17)36-5)31-37(33,34)14(3)13(2)18-25-9-16(23)10-26-18/h6-11,13-14H,1-5H3,(H,30,31). The van der Waals surface area contributed by atoms with Gasteiger partial charge in [-0.1, -0.05) is 6.92 Å². The van der Waals surface area contributed by atoms with Crippen molar-refractivity contribution in [1.29, 1.82) is 0 Å². The van der Waals surface area contributed by atoms with Gasteiger partial charge in [0.15, 0.2) is 17.3 Å². The zero-order valence-corrected chi connectivity index (χ0v) is 21.4. The zero-order valence-electron chi connectivity index (χ0n) is 20.6. The minimum absolute atomic E-state index is 0.0927. The molecule has 1 N–H and O–H groups in total. The molecule has 13 nitrogen and oxygen atoms in total. The van der Waals surface area contributed by atoms with Crippen LogP contribution in [0.5, 0.6) is 11.8 Å². The third-order valence-electron chi connectivity index (χ3n) is 5.64. The highest BCUT2D eigenvalue weighted by Crippen LogP contribution is 2.35. The van der Waals surface area contributed by atoms with Gasteiger partial charge in [0.05, 0.1) is 31.9 Å². The topological polar surface area (TPSA) is 160 Å². The van der Waals surface area contributed by atoms with Crippen LogP contribution in [0.4, 0.5) is 10.3 Å². The van der Waals surface area contributed by atoms with Crippen LogP contribution in [-0.2, 0) is 10.0 Å². The fourth-order valence-electron chi connectivity index (χ4n) is 3.52. The molecule has 4 heterocycles. The highest BCUT2D eigenvalue weighted by Gasteiger charge is 2.33. The van der Waals surface area contributed by atoms with Crippen molar-refractivity contribution in [2.75, 3.05) is 18.9 Å². The molecule has 0 saturated carbocycles. The number of aromatic nitrogens is 8. The SMILES string of the molecule is COc1ncnc(OC)c1-n1c(NS(=O)(=O)C(C)C(C)c2ncc(F)cn2)nnc1-c1cncc(C)c1. The lowest BCUT2D eigenvalue weighted by Crippen LogP contribution is -2.31. The summed E-state index contributed by atoms with van der Waals surface area (Å²) in [6.45, 7) is 4.97. The monoisotopic (exact) mass is 529 g/mol. The van der Waals surface area contributed by atoms with E-state index in [1.807, 2.05) is 13.0 Å². The first-order valence-electron chi connectivity index (χ1n) is 11.0. The smallest absolute Gasteiger partial charge is 0.245 e. The van der Waals surface area contributed by atoms with Crippen molar-refractivity contribution >= 4 is 16.0 Å². The molecule has 2 atom stereocenters. The van der Waals surface area contributed by atoms with Crippen molar-refractivity contribution in [3.8, 4) is 28.8 Å². The van der Waals surface area contributed by atoms with Gasteiger partial charge >= 0.3 is 0 Å². The van der Waals surface area contributed by atoms with Gasteiger partial charge in [-0.05, 0) is 25.5 Å². The third-order valence-corrected chi connectivity index (χ3v) is 7.49. The van der Waals surface area contributed by atoms with Crippen molar-refractivity contribution < 1.29 is 22.3 Å². The van der Waals surface area contributed by atoms with Crippen molar-refractivity contribution in [3.05, 3.63) is 54.4 Å². The molecule has 37 heavy (non-hydrogen) atoms. The number of hydrogen-bond donors (Lipinski definition) is 1. The maximum Gasteiger partial charge on any atom is 0.245 e. The van der Waals surface area contributed by atoms with Gasteiger partial charge in [-0.2, -0.15) is 9.97 Å². The van der Waals surface area contributed by atoms with E-state index in [0.717, 1.165) is 18.0 Å². The molecule has 0 fully saturated rings. The molecule has 194 valence electrons. The lowest BCUT2D eigenvalue weighted by atomic mass is 10.1. The van der Waals surface area contributed by atoms with Crippen molar-refractivity contribution in [2.45, 2.75) is 31.9 Å². The number of pyridine rings is 1. The summed E-state index contributed by atoms with van der Waals surface area (Å²) in [4.78, 5) is 20.3. The van der Waals surface area contributed by atoms with Gasteiger partial charge in [0.2, 0.25) is 27.7 Å². The Morgan fingerprint density at radius 2 is 1.62 bits per heavy atom. The minimum atomic E-state index is -4.10. The number of sulfonamides is 1. The third kappa shape index (κ3) is 5.16. The fraction of sp³-hybridized carbons (Fsp3) is 0.318. The molecule has 0 aliphatic rings. The van der Waals surface area contributed by atoms with Crippen LogP contribution in [0, 0.1) is 12.7 Å². The Hall–Kier alpha value is -4.27. The summed E-state index contributed by atoms with van der Waals surface area (Å²) >= 11 is 0. The van der Waals surface area contributed by atoms with Gasteiger partial charge < -0.3 is 9.47 Å². The Labute approximate surface area is 212 Å². The lowest BCUT2D eigenvalue weighted by molar-refractivity contribution is 0.368. The van der Waals surface area contributed by atoms with E-state index in [4.69, 9.17) is 9.47 Å². The van der Waals surface area contributed by atoms with Crippen LogP contribution in [-0.4, -0.2) is 67.6 Å². The van der Waals surface area contributed by atoms with Gasteiger partial charge in [-0.25, -0.2) is 22.8 Å². The fourth-order valence-corrected chi connectivity index (χ4v) is 4.75. The molecule has 0 saturated heterocycles. The number of ether oxygens (including phenoxy) is 2. The van der Waals surface area contributed by atoms with Gasteiger partial charge in [0.25, 0.3) is 0 Å². The van der Waals surface area contributed by atoms with Crippen LogP contribution >= 0.6 is 0 Å². The predicted octanol–water partition coefficient (Wildman–Crippen LogP) is 2.31. The number of hydrogen-bond acceptors (Lipinski definition) is 11. The first-order chi connectivity index (χ1) is 17.7. The van der Waals surface area contributed by atoms with E-state index < -0.39 is 27.0 Å². The van der Waals surface area contributed by atoms with Gasteiger partial charge in [0.1, 0.15) is 12.2 Å². The average molecular weight is 530 g/mol. The van der Waals surface area contributed by atoms with Crippen LogP contribution in [0.25, 0.3) is 17.1 Å². The summed E-state index contributed by atoms with van der Waals surface area (Å²) in [6.07, 6.45) is 6.44. The van der Waals surface area contributed by atoms with Crippen LogP contribution in [0.2, 0.25) is 0 Å². The Kier molecular flexibility index (Phi) is 7.24. The molecule has 0 spiro atoms. The van der Waals surface area contributed by atoms with Crippen molar-refractivity contribution in [1.82, 2.24) is 39.7 Å². The van der Waals surface area contributed by atoms with Crippen LogP contribution in [0.3, 0.4) is 0 Å². The van der Waals surface area contributed by atoms with E-state index in [1.165, 1.54) is 32.0 Å². The molecule has 0 aromatic carbocycles. The quantitative estimate of drug-likeness (QED) is 0.339. The molecule has 0 radical (unpaired) electrons. The largest absolute Gasteiger partial charge is 0.479 e. The number of nitrogens with zero attached hydrogens (tertiary/aromatic N) is 8. The van der Waals surface area contributed by atoms with Gasteiger partial charge in [0, 0.05) is 23.9 Å². The van der Waals surface area contributed by atoms with E-state index in [0.29, 0.717) is 5.56 Å². The van der Waals surface area contributed by atoms with E-state index in [9.17, 15) is 12.8 Å². The number of methoxy groups -OCH3 is 2. The highest BCUT2D eigenvalue weighted by molar-refractivity contribution is 7.93. The lowest BCUT2D eigenvalue weighted by Gasteiger charge is -2.20. The van der Waals surface area contributed by atoms with Crippen LogP contribution < -0.4 is 14.2 Å². The molecule has 0 aliphatic carbocycles. The maximum atomic E-state index is 13.4. The number of anilines is 1. The molecule has 4 aromatic heterocycles. The molecular formula is C22H24FN9O4S. The minimum Gasteiger partial charge on any atom is -0.479 e. The maximum absolute atomic E-state index is 13.4. The van der Waals surface area contributed by atoms with Crippen LogP contribution in [0.15, 0.2) is 37.2 Å². The number of rotatable bonds is 9. The Morgan fingerprint density at radius 1 is 0.973 bits per heavy atom. The summed E-state index contributed by atoms with van der Waals surface area (Å²) in [7, 11) is -1.30. The summed E-state index contributed by atoms with van der Waals surface area (Å²) in [5, 5.41) is 7.29. The van der Waals surface area contributed by atoms with E-state index in [1.54, 1.807) is 19.3 Å². The zero-order chi connectivity index (χ0) is 26.7. The number of nitrogens with one attached hydrogen (secondary N) is 1. The second kappa shape index (κ2) is 10.4. The van der Waals surface area contributed by atoms with Crippen molar-refractivity contribution in [2.24, 2.45) is 0 Å². The average Bonchev–Trinajstić information content (AvgIpc) is 3.29. The summed E-state index contributed by atoms with van der Waals surface area (Å²) in [5.41, 5.74) is 1.57. The van der Waals surface area contributed by atoms with E-state index >= 15 is 0 Å². The van der Waals surface area contributed by atoms with Crippen LogP contribution in [0.1, 0.15) is 31.2 Å². The first kappa shape index (κ1) is 25.8. The number of aryl methyl sites for hydroxylation is 1. The second-order valence-electron chi connectivity index (χ2n) is 8.07. The van der Waals surface area contributed by atoms with Crippen molar-refractivity contribution in [3.63, 3.8) is 0 Å². The molecule has 4 aromatic rings. The summed E-state index contributed by atoms with van der Waals surface area (Å²) in [6, 6.07) is 1.81. The normalized spacial score (nSPS) is 13.1. The number of halogens is 1. The highest BCUT2D eigenvalue weighted by atomic mass is 32.2. The molecular weight excluding hydrogens is 505 g/mol. The molecule has 0 bridgehead atoms.